The van der Waals surface area contributed by atoms with Crippen molar-refractivity contribution in [3.63, 3.8) is 0 Å². The van der Waals surface area contributed by atoms with Gasteiger partial charge in [0.1, 0.15) is 0 Å². The maximum Gasteiger partial charge on any atom is 0.261 e. The molecule has 156 valence electrons. The van der Waals surface area contributed by atoms with Crippen molar-refractivity contribution in [1.82, 2.24) is 4.90 Å². The second-order valence-electron chi connectivity index (χ2n) is 7.92. The monoisotopic (exact) mass is 430 g/mol. The molecular weight excluding hydrogens is 408 g/mol. The maximum atomic E-state index is 12.7. The predicted molar refractivity (Wildman–Crippen MR) is 124 cm³/mol. The van der Waals surface area contributed by atoms with E-state index in [4.69, 9.17) is 0 Å². The molecule has 0 saturated heterocycles. The molecule has 1 unspecified atom stereocenters. The summed E-state index contributed by atoms with van der Waals surface area (Å²) < 4.78 is 0. The van der Waals surface area contributed by atoms with Crippen molar-refractivity contribution in [1.29, 1.82) is 0 Å². The average Bonchev–Trinajstić information content (AvgIpc) is 3.05. The van der Waals surface area contributed by atoms with Crippen LogP contribution in [0.4, 0.5) is 0 Å². The zero-order valence-corrected chi connectivity index (χ0v) is 17.8. The van der Waals surface area contributed by atoms with Crippen molar-refractivity contribution in [2.75, 3.05) is 13.1 Å². The topological polar surface area (TPSA) is 49.7 Å². The van der Waals surface area contributed by atoms with Gasteiger partial charge in [-0.1, -0.05) is 66.7 Å². The molecule has 2 amide bonds. The number of fused-ring (bicyclic) bond motifs is 2. The lowest BCUT2D eigenvalue weighted by Gasteiger charge is -2.37. The number of halogens is 1. The lowest BCUT2D eigenvalue weighted by atomic mass is 9.69. The Morgan fingerprint density at radius 2 is 1.42 bits per heavy atom. The highest BCUT2D eigenvalue weighted by Crippen LogP contribution is 2.40. The van der Waals surface area contributed by atoms with Crippen molar-refractivity contribution in [2.24, 2.45) is 4.99 Å². The lowest BCUT2D eigenvalue weighted by Crippen LogP contribution is -2.37. The molecule has 0 spiro atoms. The van der Waals surface area contributed by atoms with Crippen molar-refractivity contribution in [3.8, 4) is 0 Å². The first kappa shape index (κ1) is 21.0. The van der Waals surface area contributed by atoms with Crippen LogP contribution in [-0.4, -0.2) is 36.0 Å². The Morgan fingerprint density at radius 3 is 2.13 bits per heavy atom. The number of aliphatic imine (C=N–C) groups is 1. The highest BCUT2D eigenvalue weighted by molar-refractivity contribution is 6.21. The first-order valence-electron chi connectivity index (χ1n) is 10.3. The third-order valence-electron chi connectivity index (χ3n) is 6.26. The fourth-order valence-corrected chi connectivity index (χ4v) is 4.77. The van der Waals surface area contributed by atoms with Gasteiger partial charge in [0, 0.05) is 18.2 Å². The van der Waals surface area contributed by atoms with E-state index in [0.29, 0.717) is 30.6 Å². The zero-order valence-electron chi connectivity index (χ0n) is 17.0. The van der Waals surface area contributed by atoms with Crippen molar-refractivity contribution in [2.45, 2.75) is 18.3 Å². The summed E-state index contributed by atoms with van der Waals surface area (Å²) >= 11 is 0. The highest BCUT2D eigenvalue weighted by atomic mass is 35.5. The Bertz CT molecular complexity index is 1120. The van der Waals surface area contributed by atoms with Crippen LogP contribution in [0.3, 0.4) is 0 Å². The Balaban J connectivity index is 0.00000231. The first-order chi connectivity index (χ1) is 14.7. The average molecular weight is 431 g/mol. The zero-order chi connectivity index (χ0) is 20.6. The number of carbonyl (C=O) groups is 2. The third kappa shape index (κ3) is 3.47. The minimum atomic E-state index is -0.259. The summed E-state index contributed by atoms with van der Waals surface area (Å²) in [7, 11) is 0. The molecule has 4 nitrogen and oxygen atoms in total. The Kier molecular flexibility index (Phi) is 5.75. The Hall–Kier alpha value is -3.24. The van der Waals surface area contributed by atoms with Crippen molar-refractivity contribution >= 4 is 30.4 Å². The van der Waals surface area contributed by atoms with Gasteiger partial charge in [0.15, 0.2) is 0 Å². The van der Waals surface area contributed by atoms with Gasteiger partial charge < -0.3 is 0 Å². The number of nitrogens with zero attached hydrogens (tertiary/aromatic N) is 2. The second kappa shape index (κ2) is 8.48. The Morgan fingerprint density at radius 1 is 0.806 bits per heavy atom. The van der Waals surface area contributed by atoms with Gasteiger partial charge in [-0.2, -0.15) is 0 Å². The summed E-state index contributed by atoms with van der Waals surface area (Å²) in [4.78, 5) is 31.5. The van der Waals surface area contributed by atoms with Crippen molar-refractivity contribution < 1.29 is 9.59 Å². The van der Waals surface area contributed by atoms with Gasteiger partial charge >= 0.3 is 0 Å². The standard InChI is InChI=1S/C26H22N2O2.ClH/c29-24-21-12-5-6-13-22(21)25(30)28(24)16-8-15-26(20-10-2-1-3-11-20)18-27-17-19-9-4-7-14-23(19)26;/h1-7,9-14,17H,8,15-16,18H2;1H. The number of amides is 2. The van der Waals surface area contributed by atoms with Crippen LogP contribution < -0.4 is 0 Å². The number of hydrogen-bond donors (Lipinski definition) is 0. The first-order valence-corrected chi connectivity index (χ1v) is 10.3. The molecular formula is C26H23ClN2O2. The van der Waals surface area contributed by atoms with Crippen LogP contribution in [0, 0.1) is 0 Å². The van der Waals surface area contributed by atoms with E-state index >= 15 is 0 Å². The quantitative estimate of drug-likeness (QED) is 0.540. The van der Waals surface area contributed by atoms with E-state index in [9.17, 15) is 9.59 Å². The Labute approximate surface area is 188 Å². The van der Waals surface area contributed by atoms with E-state index in [0.717, 1.165) is 12.0 Å². The molecule has 1 atom stereocenters. The predicted octanol–water partition coefficient (Wildman–Crippen LogP) is 4.90. The molecule has 0 saturated carbocycles. The van der Waals surface area contributed by atoms with Gasteiger partial charge in [0.05, 0.1) is 17.7 Å². The SMILES string of the molecule is Cl.O=C1c2ccccc2C(=O)N1CCCC1(c2ccccc2)CN=Cc2ccccc21. The number of hydrogen-bond acceptors (Lipinski definition) is 3. The summed E-state index contributed by atoms with van der Waals surface area (Å²) in [6, 6.07) is 25.9. The second-order valence-corrected chi connectivity index (χ2v) is 7.92. The van der Waals surface area contributed by atoms with Crippen LogP contribution in [0.25, 0.3) is 0 Å². The van der Waals surface area contributed by atoms with Crippen LogP contribution in [-0.2, 0) is 5.41 Å². The van der Waals surface area contributed by atoms with Gasteiger partial charge in [-0.15, -0.1) is 12.4 Å². The summed E-state index contributed by atoms with van der Waals surface area (Å²) in [5, 5.41) is 0. The molecule has 5 heteroatoms. The maximum absolute atomic E-state index is 12.7. The van der Waals surface area contributed by atoms with Gasteiger partial charge in [0.25, 0.3) is 11.8 Å². The van der Waals surface area contributed by atoms with Gasteiger partial charge in [-0.25, -0.2) is 0 Å². The van der Waals surface area contributed by atoms with Gasteiger partial charge in [-0.05, 0) is 41.7 Å². The minimum Gasteiger partial charge on any atom is -0.291 e. The van der Waals surface area contributed by atoms with E-state index in [1.807, 2.05) is 18.3 Å². The molecule has 0 radical (unpaired) electrons. The molecule has 3 aromatic carbocycles. The lowest BCUT2D eigenvalue weighted by molar-refractivity contribution is 0.0649. The summed E-state index contributed by atoms with van der Waals surface area (Å²) in [5.74, 6) is -0.377. The molecule has 2 heterocycles. The molecule has 5 rings (SSSR count). The molecule has 0 aliphatic carbocycles. The third-order valence-corrected chi connectivity index (χ3v) is 6.26. The smallest absolute Gasteiger partial charge is 0.261 e. The number of carbonyl (C=O) groups excluding carboxylic acids is 2. The molecule has 0 N–H and O–H groups in total. The molecule has 0 bridgehead atoms. The van der Waals surface area contributed by atoms with Crippen LogP contribution >= 0.6 is 12.4 Å². The molecule has 2 aliphatic rings. The molecule has 0 fully saturated rings. The van der Waals surface area contributed by atoms with Crippen molar-refractivity contribution in [3.05, 3.63) is 107 Å². The summed E-state index contributed by atoms with van der Waals surface area (Å²) in [5.41, 5.74) is 4.37. The fraction of sp³-hybridized carbons (Fsp3) is 0.192. The largest absolute Gasteiger partial charge is 0.291 e. The number of benzene rings is 3. The normalized spacial score (nSPS) is 19.0. The minimum absolute atomic E-state index is 0. The van der Waals surface area contributed by atoms with E-state index < -0.39 is 0 Å². The molecule has 31 heavy (non-hydrogen) atoms. The van der Waals surface area contributed by atoms with E-state index in [2.05, 4.69) is 47.5 Å². The molecule has 0 aromatic heterocycles. The molecule has 2 aliphatic heterocycles. The number of imide groups is 1. The van der Waals surface area contributed by atoms with Crippen LogP contribution in [0.15, 0.2) is 83.9 Å². The van der Waals surface area contributed by atoms with E-state index in [-0.39, 0.29) is 29.6 Å². The fourth-order valence-electron chi connectivity index (χ4n) is 4.77. The number of rotatable bonds is 5. The summed E-state index contributed by atoms with van der Waals surface area (Å²) in [6.45, 7) is 1.07. The van der Waals surface area contributed by atoms with Crippen LogP contribution in [0.2, 0.25) is 0 Å². The summed E-state index contributed by atoms with van der Waals surface area (Å²) in [6.07, 6.45) is 3.46. The van der Waals surface area contributed by atoms with E-state index in [1.165, 1.54) is 16.0 Å². The van der Waals surface area contributed by atoms with Gasteiger partial charge in [0.2, 0.25) is 0 Å². The highest BCUT2D eigenvalue weighted by Gasteiger charge is 2.39. The molecule has 3 aromatic rings. The van der Waals surface area contributed by atoms with Crippen LogP contribution in [0.1, 0.15) is 50.2 Å². The van der Waals surface area contributed by atoms with E-state index in [1.54, 1.807) is 24.3 Å². The van der Waals surface area contributed by atoms with Crippen LogP contribution in [0.5, 0.6) is 0 Å². The van der Waals surface area contributed by atoms with Gasteiger partial charge in [-0.3, -0.25) is 19.5 Å².